The van der Waals surface area contributed by atoms with Gasteiger partial charge in [0, 0.05) is 12.8 Å². The van der Waals surface area contributed by atoms with Gasteiger partial charge in [-0.1, -0.05) is 269 Å². The summed E-state index contributed by atoms with van der Waals surface area (Å²) >= 11 is 0. The predicted octanol–water partition coefficient (Wildman–Crippen LogP) is 17.9. The van der Waals surface area contributed by atoms with E-state index < -0.39 is 12.1 Å². The molecule has 0 rings (SSSR count). The fourth-order valence-electron chi connectivity index (χ4n) is 8.98. The average Bonchev–Trinajstić information content (AvgIpc) is 3.31. The van der Waals surface area contributed by atoms with Gasteiger partial charge < -0.3 is 20.3 Å². The molecule has 1 amide bonds. The van der Waals surface area contributed by atoms with Gasteiger partial charge in [0.15, 0.2) is 0 Å². The van der Waals surface area contributed by atoms with Crippen molar-refractivity contribution in [3.8, 4) is 0 Å². The molecular formula is C59H113NO5. The van der Waals surface area contributed by atoms with Gasteiger partial charge in [0.05, 0.1) is 25.4 Å². The van der Waals surface area contributed by atoms with Crippen LogP contribution < -0.4 is 5.32 Å². The summed E-state index contributed by atoms with van der Waals surface area (Å²) in [5.41, 5.74) is 0. The molecule has 2 atom stereocenters. The summed E-state index contributed by atoms with van der Waals surface area (Å²) in [6, 6.07) is -0.627. The molecule has 0 spiro atoms. The Morgan fingerprint density at radius 3 is 1.09 bits per heavy atom. The molecule has 3 N–H and O–H groups in total. The number of hydrogen-bond donors (Lipinski definition) is 3. The molecule has 0 fully saturated rings. The maximum Gasteiger partial charge on any atom is 0.305 e. The van der Waals surface area contributed by atoms with Gasteiger partial charge in [-0.05, 0) is 57.8 Å². The lowest BCUT2D eigenvalue weighted by atomic mass is 10.0. The first kappa shape index (κ1) is 63.3. The van der Waals surface area contributed by atoms with Gasteiger partial charge in [-0.2, -0.15) is 0 Å². The van der Waals surface area contributed by atoms with Crippen molar-refractivity contribution in [1.29, 1.82) is 0 Å². The van der Waals surface area contributed by atoms with E-state index in [1.807, 2.05) is 6.08 Å². The van der Waals surface area contributed by atoms with Crippen molar-refractivity contribution in [2.45, 2.75) is 328 Å². The Bertz CT molecular complexity index is 1010. The van der Waals surface area contributed by atoms with Crippen LogP contribution in [0.5, 0.6) is 0 Å². The maximum absolute atomic E-state index is 12.4. The molecule has 0 radical (unpaired) electrons. The maximum atomic E-state index is 12.4. The van der Waals surface area contributed by atoms with Crippen LogP contribution in [0, 0.1) is 0 Å². The molecule has 0 saturated heterocycles. The van der Waals surface area contributed by atoms with Crippen molar-refractivity contribution in [1.82, 2.24) is 5.32 Å². The van der Waals surface area contributed by atoms with Gasteiger partial charge in [-0.25, -0.2) is 0 Å². The van der Waals surface area contributed by atoms with Crippen LogP contribution in [-0.2, 0) is 14.3 Å². The second-order valence-electron chi connectivity index (χ2n) is 20.0. The van der Waals surface area contributed by atoms with E-state index in [0.29, 0.717) is 19.4 Å². The highest BCUT2D eigenvalue weighted by Gasteiger charge is 2.18. The van der Waals surface area contributed by atoms with Crippen molar-refractivity contribution < 1.29 is 24.5 Å². The molecule has 0 aliphatic heterocycles. The third-order valence-corrected chi connectivity index (χ3v) is 13.5. The van der Waals surface area contributed by atoms with Gasteiger partial charge in [-0.15, -0.1) is 0 Å². The van der Waals surface area contributed by atoms with Crippen molar-refractivity contribution >= 4 is 11.9 Å². The monoisotopic (exact) mass is 916 g/mol. The van der Waals surface area contributed by atoms with Crippen LogP contribution in [0.25, 0.3) is 0 Å². The number of esters is 1. The summed E-state index contributed by atoms with van der Waals surface area (Å²) in [6.07, 6.45) is 66.5. The Morgan fingerprint density at radius 1 is 0.415 bits per heavy atom. The van der Waals surface area contributed by atoms with E-state index in [1.54, 1.807) is 6.08 Å². The number of ether oxygens (including phenoxy) is 1. The van der Waals surface area contributed by atoms with Gasteiger partial charge in [-0.3, -0.25) is 9.59 Å². The molecule has 0 bridgehead atoms. The zero-order chi connectivity index (χ0) is 47.2. The van der Waals surface area contributed by atoms with Gasteiger partial charge in [0.1, 0.15) is 0 Å². The normalized spacial score (nSPS) is 12.7. The summed E-state index contributed by atoms with van der Waals surface area (Å²) in [5, 5.41) is 22.9. The Morgan fingerprint density at radius 2 is 0.723 bits per heavy atom. The number of unbranched alkanes of at least 4 members (excludes halogenated alkanes) is 41. The van der Waals surface area contributed by atoms with E-state index in [9.17, 15) is 19.8 Å². The Hall–Kier alpha value is -1.66. The fraction of sp³-hybridized carbons (Fsp3) is 0.898. The van der Waals surface area contributed by atoms with Gasteiger partial charge in [0.2, 0.25) is 5.91 Å². The Balaban J connectivity index is 3.37. The highest BCUT2D eigenvalue weighted by atomic mass is 16.5. The molecule has 2 unspecified atom stereocenters. The SMILES string of the molecule is CCCCCCCCC/C=C/C(O)C(CO)NC(=O)CCCCCCCCCCC/C=C\CCCCCCCCCCCCCCOC(=O)CCCCCCCCCCCCCCCC. The van der Waals surface area contributed by atoms with E-state index >= 15 is 0 Å². The highest BCUT2D eigenvalue weighted by Crippen LogP contribution is 2.17. The lowest BCUT2D eigenvalue weighted by Gasteiger charge is -2.20. The topological polar surface area (TPSA) is 95.9 Å². The van der Waals surface area contributed by atoms with Gasteiger partial charge in [0.25, 0.3) is 0 Å². The zero-order valence-corrected chi connectivity index (χ0v) is 43.7. The minimum absolute atomic E-state index is 0.0151. The molecule has 384 valence electrons. The van der Waals surface area contributed by atoms with Crippen LogP contribution in [-0.4, -0.2) is 47.4 Å². The summed E-state index contributed by atoms with van der Waals surface area (Å²) < 4.78 is 5.48. The number of aliphatic hydroxyl groups is 2. The summed E-state index contributed by atoms with van der Waals surface area (Å²) in [5.74, 6) is -0.0582. The standard InChI is InChI=1S/C59H113NO5/c1-3-5-7-9-11-13-14-15-30-33-37-41-45-49-53-59(64)65-54-50-46-42-38-34-31-28-26-24-22-20-18-16-17-19-21-23-25-27-29-32-36-40-44-48-52-58(63)60-56(55-61)57(62)51-47-43-39-35-12-10-8-6-4-2/h17,19,47,51,56-57,61-62H,3-16,18,20-46,48-50,52-55H2,1-2H3,(H,60,63)/b19-17-,51-47+. The number of rotatable bonds is 54. The minimum Gasteiger partial charge on any atom is -0.466 e. The molecule has 0 aliphatic carbocycles. The van der Waals surface area contributed by atoms with Crippen LogP contribution in [0.4, 0.5) is 0 Å². The van der Waals surface area contributed by atoms with E-state index in [-0.39, 0.29) is 18.5 Å². The minimum atomic E-state index is -0.843. The Labute approximate surface area is 405 Å². The van der Waals surface area contributed by atoms with Crippen LogP contribution in [0.1, 0.15) is 316 Å². The summed E-state index contributed by atoms with van der Waals surface area (Å²) in [4.78, 5) is 24.4. The zero-order valence-electron chi connectivity index (χ0n) is 43.7. The molecule has 0 heterocycles. The lowest BCUT2D eigenvalue weighted by Crippen LogP contribution is -2.45. The fourth-order valence-corrected chi connectivity index (χ4v) is 8.98. The van der Waals surface area contributed by atoms with Gasteiger partial charge >= 0.3 is 5.97 Å². The van der Waals surface area contributed by atoms with Crippen LogP contribution in [0.15, 0.2) is 24.3 Å². The van der Waals surface area contributed by atoms with Crippen molar-refractivity contribution in [3.63, 3.8) is 0 Å². The first-order valence-electron chi connectivity index (χ1n) is 29.1. The second kappa shape index (κ2) is 54.9. The molecule has 0 aromatic carbocycles. The first-order valence-corrected chi connectivity index (χ1v) is 29.1. The van der Waals surface area contributed by atoms with Crippen LogP contribution >= 0.6 is 0 Å². The lowest BCUT2D eigenvalue weighted by molar-refractivity contribution is -0.143. The molecule has 0 saturated carbocycles. The number of hydrogen-bond acceptors (Lipinski definition) is 5. The van der Waals surface area contributed by atoms with Crippen molar-refractivity contribution in [2.24, 2.45) is 0 Å². The summed E-state index contributed by atoms with van der Waals surface area (Å²) in [7, 11) is 0. The molecular weight excluding hydrogens is 803 g/mol. The molecule has 6 nitrogen and oxygen atoms in total. The molecule has 6 heteroatoms. The number of carbonyl (C=O) groups excluding carboxylic acids is 2. The van der Waals surface area contributed by atoms with E-state index in [4.69, 9.17) is 4.74 Å². The number of nitrogens with one attached hydrogen (secondary N) is 1. The molecule has 0 aromatic heterocycles. The third-order valence-electron chi connectivity index (χ3n) is 13.5. The number of allylic oxidation sites excluding steroid dienone is 3. The number of carbonyl (C=O) groups is 2. The Kier molecular flexibility index (Phi) is 53.5. The van der Waals surface area contributed by atoms with Crippen molar-refractivity contribution in [3.05, 3.63) is 24.3 Å². The first-order chi connectivity index (χ1) is 32.0. The second-order valence-corrected chi connectivity index (χ2v) is 20.0. The average molecular weight is 917 g/mol. The third kappa shape index (κ3) is 51.6. The molecule has 0 aliphatic rings. The largest absolute Gasteiger partial charge is 0.466 e. The van der Waals surface area contributed by atoms with E-state index in [0.717, 1.165) is 38.5 Å². The van der Waals surface area contributed by atoms with Crippen LogP contribution in [0.2, 0.25) is 0 Å². The summed E-state index contributed by atoms with van der Waals surface area (Å²) in [6.45, 7) is 4.89. The molecule has 65 heavy (non-hydrogen) atoms. The number of aliphatic hydroxyl groups excluding tert-OH is 2. The van der Waals surface area contributed by atoms with E-state index in [1.165, 1.54) is 250 Å². The van der Waals surface area contributed by atoms with Crippen LogP contribution in [0.3, 0.4) is 0 Å². The number of amides is 1. The van der Waals surface area contributed by atoms with E-state index in [2.05, 4.69) is 31.3 Å². The molecule has 0 aromatic rings. The quantitative estimate of drug-likeness (QED) is 0.0321. The highest BCUT2D eigenvalue weighted by molar-refractivity contribution is 5.76. The smallest absolute Gasteiger partial charge is 0.305 e. The van der Waals surface area contributed by atoms with Crippen molar-refractivity contribution in [2.75, 3.05) is 13.2 Å². The predicted molar refractivity (Wildman–Crippen MR) is 283 cm³/mol.